The summed E-state index contributed by atoms with van der Waals surface area (Å²) in [6.07, 6.45) is 4.66. The van der Waals surface area contributed by atoms with E-state index >= 15 is 0 Å². The number of hydrogen-bond donors (Lipinski definition) is 1. The van der Waals surface area contributed by atoms with Gasteiger partial charge in [0.25, 0.3) is 5.91 Å². The number of esters is 1. The van der Waals surface area contributed by atoms with Gasteiger partial charge < -0.3 is 9.64 Å². The Kier molecular flexibility index (Phi) is 6.48. The molecule has 1 fully saturated rings. The number of ether oxygens (including phenoxy) is 1. The number of likely N-dealkylation sites (tertiary alicyclic amines) is 1. The number of benzene rings is 1. The largest absolute Gasteiger partial charge is 0.465 e. The number of hydrogen-bond acceptors (Lipinski definition) is 5. The molecule has 7 heteroatoms. The molecule has 0 atom stereocenters. The molecule has 0 unspecified atom stereocenters. The monoisotopic (exact) mass is 331 g/mol. The highest BCUT2D eigenvalue weighted by Crippen LogP contribution is 2.10. The van der Waals surface area contributed by atoms with Crippen LogP contribution in [0.4, 0.5) is 0 Å². The lowest BCUT2D eigenvalue weighted by Crippen LogP contribution is -2.39. The number of amides is 2. The van der Waals surface area contributed by atoms with E-state index in [9.17, 15) is 14.4 Å². The highest BCUT2D eigenvalue weighted by atomic mass is 16.5. The second kappa shape index (κ2) is 8.81. The van der Waals surface area contributed by atoms with Crippen LogP contribution in [0.25, 0.3) is 0 Å². The minimum absolute atomic E-state index is 0.00247. The Labute approximate surface area is 140 Å². The summed E-state index contributed by atoms with van der Waals surface area (Å²) in [5, 5.41) is 3.86. The number of carbonyl (C=O) groups excluding carboxylic acids is 3. The molecule has 0 aliphatic carbocycles. The summed E-state index contributed by atoms with van der Waals surface area (Å²) < 4.78 is 4.70. The van der Waals surface area contributed by atoms with Crippen LogP contribution < -0.4 is 5.43 Å². The van der Waals surface area contributed by atoms with Crippen molar-refractivity contribution in [3.8, 4) is 0 Å². The third-order valence-electron chi connectivity index (χ3n) is 3.76. The Bertz CT molecular complexity index is 642. The fraction of sp³-hybridized carbons (Fsp3) is 0.412. The van der Waals surface area contributed by atoms with Gasteiger partial charge in [0.05, 0.1) is 18.9 Å². The molecule has 1 heterocycles. The van der Waals surface area contributed by atoms with Gasteiger partial charge in [0.1, 0.15) is 6.54 Å². The summed E-state index contributed by atoms with van der Waals surface area (Å²) in [7, 11) is 1.30. The van der Waals surface area contributed by atoms with Crippen LogP contribution in [0.2, 0.25) is 0 Å². The fourth-order valence-corrected chi connectivity index (χ4v) is 2.49. The predicted molar refractivity (Wildman–Crippen MR) is 88.6 cm³/mol. The average Bonchev–Trinajstić information content (AvgIpc) is 2.79. The summed E-state index contributed by atoms with van der Waals surface area (Å²) >= 11 is 0. The molecule has 0 radical (unpaired) electrons. The number of nitrogens with one attached hydrogen (secondary N) is 1. The number of carbonyl (C=O) groups is 3. The van der Waals surface area contributed by atoms with Crippen LogP contribution in [-0.4, -0.2) is 49.1 Å². The topological polar surface area (TPSA) is 88.1 Å². The zero-order valence-corrected chi connectivity index (χ0v) is 13.7. The van der Waals surface area contributed by atoms with Crippen molar-refractivity contribution < 1.29 is 19.1 Å². The van der Waals surface area contributed by atoms with Crippen molar-refractivity contribution in [3.63, 3.8) is 0 Å². The predicted octanol–water partition coefficient (Wildman–Crippen LogP) is 1.33. The zero-order valence-electron chi connectivity index (χ0n) is 13.7. The van der Waals surface area contributed by atoms with Crippen molar-refractivity contribution in [2.45, 2.75) is 25.7 Å². The summed E-state index contributed by atoms with van der Waals surface area (Å²) in [6, 6.07) is 6.78. The first kappa shape index (κ1) is 17.7. The molecule has 0 aromatic heterocycles. The van der Waals surface area contributed by atoms with Crippen molar-refractivity contribution in [2.75, 3.05) is 20.2 Å². The van der Waals surface area contributed by atoms with E-state index in [4.69, 9.17) is 4.74 Å². The maximum absolute atomic E-state index is 11.9. The van der Waals surface area contributed by atoms with Crippen molar-refractivity contribution in [1.82, 2.24) is 10.3 Å². The zero-order chi connectivity index (χ0) is 17.4. The van der Waals surface area contributed by atoms with Gasteiger partial charge in [-0.05, 0) is 18.9 Å². The Hall–Kier alpha value is -2.70. The SMILES string of the molecule is COC(=O)c1ccccc1/C=N\NC(=O)CN1CCCCCC1=O. The van der Waals surface area contributed by atoms with E-state index in [1.165, 1.54) is 13.3 Å². The van der Waals surface area contributed by atoms with Crippen LogP contribution in [0, 0.1) is 0 Å². The Balaban J connectivity index is 1.93. The summed E-state index contributed by atoms with van der Waals surface area (Å²) in [6.45, 7) is 0.593. The van der Waals surface area contributed by atoms with E-state index in [2.05, 4.69) is 10.5 Å². The smallest absolute Gasteiger partial charge is 0.338 e. The van der Waals surface area contributed by atoms with Crippen molar-refractivity contribution in [2.24, 2.45) is 5.10 Å². The molecular weight excluding hydrogens is 310 g/mol. The second-order valence-corrected chi connectivity index (χ2v) is 5.50. The third kappa shape index (κ3) is 4.91. The maximum Gasteiger partial charge on any atom is 0.338 e. The lowest BCUT2D eigenvalue weighted by Gasteiger charge is -2.18. The second-order valence-electron chi connectivity index (χ2n) is 5.50. The van der Waals surface area contributed by atoms with E-state index in [1.54, 1.807) is 29.2 Å². The molecular formula is C17H21N3O4. The van der Waals surface area contributed by atoms with Gasteiger partial charge in [-0.3, -0.25) is 9.59 Å². The van der Waals surface area contributed by atoms with Crippen LogP contribution in [0.1, 0.15) is 41.6 Å². The van der Waals surface area contributed by atoms with Crippen LogP contribution in [0.5, 0.6) is 0 Å². The van der Waals surface area contributed by atoms with Gasteiger partial charge in [-0.15, -0.1) is 0 Å². The third-order valence-corrected chi connectivity index (χ3v) is 3.76. The first-order chi connectivity index (χ1) is 11.6. The molecule has 1 saturated heterocycles. The molecule has 1 aromatic carbocycles. The number of rotatable bonds is 5. The molecule has 1 aliphatic heterocycles. The van der Waals surface area contributed by atoms with Crippen molar-refractivity contribution in [3.05, 3.63) is 35.4 Å². The van der Waals surface area contributed by atoms with Gasteiger partial charge in [0.2, 0.25) is 5.91 Å². The van der Waals surface area contributed by atoms with Crippen molar-refractivity contribution in [1.29, 1.82) is 0 Å². The van der Waals surface area contributed by atoms with Crippen LogP contribution in [-0.2, 0) is 14.3 Å². The van der Waals surface area contributed by atoms with E-state index in [1.807, 2.05) is 0 Å². The lowest BCUT2D eigenvalue weighted by atomic mass is 10.1. The molecule has 7 nitrogen and oxygen atoms in total. The fourth-order valence-electron chi connectivity index (χ4n) is 2.49. The van der Waals surface area contributed by atoms with Gasteiger partial charge in [-0.1, -0.05) is 24.6 Å². The van der Waals surface area contributed by atoms with Crippen LogP contribution in [0.15, 0.2) is 29.4 Å². The number of nitrogens with zero attached hydrogens (tertiary/aromatic N) is 2. The van der Waals surface area contributed by atoms with Gasteiger partial charge in [-0.2, -0.15) is 5.10 Å². The van der Waals surface area contributed by atoms with E-state index in [0.29, 0.717) is 24.1 Å². The number of methoxy groups -OCH3 is 1. The van der Waals surface area contributed by atoms with E-state index in [0.717, 1.165) is 19.3 Å². The van der Waals surface area contributed by atoms with Gasteiger partial charge in [0, 0.05) is 18.5 Å². The highest BCUT2D eigenvalue weighted by Gasteiger charge is 2.18. The molecule has 0 bridgehead atoms. The normalized spacial score (nSPS) is 15.2. The van der Waals surface area contributed by atoms with Gasteiger partial charge in [0.15, 0.2) is 0 Å². The highest BCUT2D eigenvalue weighted by molar-refractivity contribution is 5.99. The van der Waals surface area contributed by atoms with Gasteiger partial charge in [-0.25, -0.2) is 10.2 Å². The van der Waals surface area contributed by atoms with E-state index in [-0.39, 0.29) is 18.4 Å². The Morgan fingerprint density at radius 2 is 2.08 bits per heavy atom. The minimum atomic E-state index is -0.474. The lowest BCUT2D eigenvalue weighted by molar-refractivity contribution is -0.135. The molecule has 2 amide bonds. The first-order valence-corrected chi connectivity index (χ1v) is 7.89. The first-order valence-electron chi connectivity index (χ1n) is 7.89. The molecule has 0 saturated carbocycles. The molecule has 1 N–H and O–H groups in total. The molecule has 1 aromatic rings. The standard InChI is InChI=1S/C17H21N3O4/c1-24-17(23)14-8-5-4-7-13(14)11-18-19-15(21)12-20-10-6-2-3-9-16(20)22/h4-5,7-8,11H,2-3,6,9-10,12H2,1H3,(H,19,21)/b18-11-. The Morgan fingerprint density at radius 3 is 2.88 bits per heavy atom. The molecule has 1 aliphatic rings. The minimum Gasteiger partial charge on any atom is -0.465 e. The molecule has 0 spiro atoms. The van der Waals surface area contributed by atoms with Gasteiger partial charge >= 0.3 is 5.97 Å². The van der Waals surface area contributed by atoms with Crippen molar-refractivity contribution >= 4 is 24.0 Å². The molecule has 2 rings (SSSR count). The van der Waals surface area contributed by atoms with Crippen LogP contribution >= 0.6 is 0 Å². The number of hydrazone groups is 1. The summed E-state index contributed by atoms with van der Waals surface area (Å²) in [5.41, 5.74) is 3.29. The molecule has 128 valence electrons. The maximum atomic E-state index is 11.9. The quantitative estimate of drug-likeness (QED) is 0.501. The van der Waals surface area contributed by atoms with Crippen LogP contribution in [0.3, 0.4) is 0 Å². The Morgan fingerprint density at radius 1 is 1.29 bits per heavy atom. The summed E-state index contributed by atoms with van der Waals surface area (Å²) in [4.78, 5) is 37.0. The molecule has 24 heavy (non-hydrogen) atoms. The van der Waals surface area contributed by atoms with E-state index < -0.39 is 5.97 Å². The average molecular weight is 331 g/mol. The summed E-state index contributed by atoms with van der Waals surface area (Å²) in [5.74, 6) is -0.835.